The molecule has 0 saturated carbocycles. The topological polar surface area (TPSA) is 116 Å². The normalized spacial score (nSPS) is 22.6. The maximum absolute atomic E-state index is 12.7. The van der Waals surface area contributed by atoms with E-state index in [4.69, 9.17) is 0 Å². The summed E-state index contributed by atoms with van der Waals surface area (Å²) < 4.78 is 0. The van der Waals surface area contributed by atoms with Crippen LogP contribution in [0.25, 0.3) is 33.6 Å². The molecule has 2 aromatic carbocycles. The highest BCUT2D eigenvalue weighted by atomic mass is 16.1. The minimum atomic E-state index is -0.0678. The Balaban J connectivity index is 1.05. The average molecular weight is 621 g/mol. The fourth-order valence-electron chi connectivity index (χ4n) is 6.69. The van der Waals surface area contributed by atoms with Crippen molar-refractivity contribution in [1.82, 2.24) is 30.6 Å². The fourth-order valence-corrected chi connectivity index (χ4v) is 6.69. The number of rotatable bonds is 13. The van der Waals surface area contributed by atoms with Gasteiger partial charge >= 0.3 is 0 Å². The molecular formula is C38H48N6O2. The molecule has 6 rings (SSSR count). The number of imidazole rings is 2. The number of H-pyrrole nitrogens is 2. The SMILES string of the molecule is CCC(C)CC(=O)C1CCC(c2ncc(-c3ccc(-c4ccc(-c5cnc(C6CCC(C(=O)CC(C)CC)N6)[nH]5)cc4)cc3)[nH]2)N1. The summed E-state index contributed by atoms with van der Waals surface area (Å²) in [5.41, 5.74) is 6.40. The van der Waals surface area contributed by atoms with Gasteiger partial charge in [-0.3, -0.25) is 20.2 Å². The lowest BCUT2D eigenvalue weighted by molar-refractivity contribution is -0.122. The highest BCUT2D eigenvalue weighted by Crippen LogP contribution is 2.31. The molecule has 0 aliphatic carbocycles. The number of hydrogen-bond acceptors (Lipinski definition) is 6. The minimum Gasteiger partial charge on any atom is -0.341 e. The number of Topliss-reactive ketones (excluding diaryl/α,β-unsaturated/α-hetero) is 2. The van der Waals surface area contributed by atoms with E-state index in [9.17, 15) is 9.59 Å². The number of nitrogens with zero attached hydrogens (tertiary/aromatic N) is 2. The van der Waals surface area contributed by atoms with Crippen molar-refractivity contribution < 1.29 is 9.59 Å². The van der Waals surface area contributed by atoms with Crippen molar-refractivity contribution in [2.24, 2.45) is 11.8 Å². The van der Waals surface area contributed by atoms with Gasteiger partial charge in [-0.1, -0.05) is 89.1 Å². The van der Waals surface area contributed by atoms with Crippen LogP contribution in [0.2, 0.25) is 0 Å². The van der Waals surface area contributed by atoms with E-state index in [0.717, 1.165) is 83.8 Å². The third-order valence-electron chi connectivity index (χ3n) is 10.1. The molecule has 2 aliphatic rings. The number of carbonyl (C=O) groups excluding carboxylic acids is 2. The third kappa shape index (κ3) is 7.24. The molecule has 6 atom stereocenters. The lowest BCUT2D eigenvalue weighted by Crippen LogP contribution is -2.33. The van der Waals surface area contributed by atoms with Crippen LogP contribution in [0.1, 0.15) is 103 Å². The molecule has 0 spiro atoms. The maximum atomic E-state index is 12.7. The van der Waals surface area contributed by atoms with Crippen molar-refractivity contribution in [3.05, 3.63) is 72.6 Å². The van der Waals surface area contributed by atoms with Gasteiger partial charge in [-0.2, -0.15) is 0 Å². The summed E-state index contributed by atoms with van der Waals surface area (Å²) in [7, 11) is 0. The first kappa shape index (κ1) is 32.1. The number of benzene rings is 2. The van der Waals surface area contributed by atoms with Gasteiger partial charge < -0.3 is 9.97 Å². The molecular weight excluding hydrogens is 572 g/mol. The highest BCUT2D eigenvalue weighted by Gasteiger charge is 2.33. The van der Waals surface area contributed by atoms with Crippen molar-refractivity contribution in [2.45, 2.75) is 103 Å². The third-order valence-corrected chi connectivity index (χ3v) is 10.1. The van der Waals surface area contributed by atoms with E-state index < -0.39 is 0 Å². The van der Waals surface area contributed by atoms with Crippen molar-refractivity contribution in [1.29, 1.82) is 0 Å². The van der Waals surface area contributed by atoms with Crippen LogP contribution in [0.5, 0.6) is 0 Å². The molecule has 46 heavy (non-hydrogen) atoms. The molecule has 8 nitrogen and oxygen atoms in total. The van der Waals surface area contributed by atoms with Gasteiger partial charge in [0.1, 0.15) is 23.2 Å². The molecule has 0 radical (unpaired) electrons. The molecule has 2 fully saturated rings. The van der Waals surface area contributed by atoms with Crippen LogP contribution >= 0.6 is 0 Å². The Labute approximate surface area is 272 Å². The molecule has 242 valence electrons. The second-order valence-corrected chi connectivity index (χ2v) is 13.6. The Morgan fingerprint density at radius 1 is 0.630 bits per heavy atom. The van der Waals surface area contributed by atoms with Gasteiger partial charge in [0.25, 0.3) is 0 Å². The predicted octanol–water partition coefficient (Wildman–Crippen LogP) is 7.73. The van der Waals surface area contributed by atoms with Crippen molar-refractivity contribution in [2.75, 3.05) is 0 Å². The Morgan fingerprint density at radius 2 is 1.00 bits per heavy atom. The summed E-state index contributed by atoms with van der Waals surface area (Å²) in [5, 5.41) is 7.02. The fraction of sp³-hybridized carbons (Fsp3) is 0.474. The predicted molar refractivity (Wildman–Crippen MR) is 183 cm³/mol. The molecule has 8 heteroatoms. The number of hydrogen-bond donors (Lipinski definition) is 4. The zero-order valence-corrected chi connectivity index (χ0v) is 27.6. The van der Waals surface area contributed by atoms with Crippen LogP contribution in [0.4, 0.5) is 0 Å². The molecule has 4 aromatic rings. The molecule has 4 N–H and O–H groups in total. The average Bonchev–Trinajstić information content (AvgIpc) is 3.91. The number of aromatic amines is 2. The first-order valence-electron chi connectivity index (χ1n) is 17.2. The lowest BCUT2D eigenvalue weighted by atomic mass is 9.97. The molecule has 0 bridgehead atoms. The van der Waals surface area contributed by atoms with Gasteiger partial charge in [0, 0.05) is 12.8 Å². The van der Waals surface area contributed by atoms with Crippen LogP contribution in [0.3, 0.4) is 0 Å². The molecule has 2 aliphatic heterocycles. The van der Waals surface area contributed by atoms with Crippen molar-refractivity contribution >= 4 is 11.6 Å². The summed E-state index contributed by atoms with van der Waals surface area (Å²) in [5.74, 6) is 3.30. The maximum Gasteiger partial charge on any atom is 0.150 e. The standard InChI is InChI=1S/C38H48N6O2/c1-5-23(3)19-35(45)29-15-17-31(41-29)37-39-21-33(43-37)27-11-7-25(8-12-27)26-9-13-28(14-10-26)34-22-40-38(44-34)32-18-16-30(42-32)36(46)20-24(4)6-2/h7-14,21-24,29-32,41-42H,5-6,15-20H2,1-4H3,(H,39,43)(H,40,44). The second-order valence-electron chi connectivity index (χ2n) is 13.6. The van der Waals surface area contributed by atoms with Gasteiger partial charge in [-0.05, 0) is 59.8 Å². The van der Waals surface area contributed by atoms with E-state index >= 15 is 0 Å². The molecule has 2 aromatic heterocycles. The molecule has 4 heterocycles. The Hall–Kier alpha value is -3.88. The summed E-state index contributed by atoms with van der Waals surface area (Å²) >= 11 is 0. The van der Waals surface area contributed by atoms with E-state index in [1.807, 2.05) is 12.4 Å². The smallest absolute Gasteiger partial charge is 0.150 e. The summed E-state index contributed by atoms with van der Waals surface area (Å²) in [6.07, 6.45) is 10.7. The Kier molecular flexibility index (Phi) is 9.95. The zero-order chi connectivity index (χ0) is 32.2. The number of carbonyl (C=O) groups is 2. The Bertz CT molecular complexity index is 1500. The van der Waals surface area contributed by atoms with Gasteiger partial charge in [0.2, 0.25) is 0 Å². The van der Waals surface area contributed by atoms with Crippen LogP contribution in [-0.2, 0) is 9.59 Å². The summed E-state index contributed by atoms with van der Waals surface area (Å²) in [6, 6.07) is 17.1. The van der Waals surface area contributed by atoms with Gasteiger partial charge in [-0.15, -0.1) is 0 Å². The minimum absolute atomic E-state index is 0.0678. The molecule has 2 saturated heterocycles. The highest BCUT2D eigenvalue weighted by molar-refractivity contribution is 5.85. The van der Waals surface area contributed by atoms with E-state index in [-0.39, 0.29) is 24.2 Å². The quantitative estimate of drug-likeness (QED) is 0.122. The summed E-state index contributed by atoms with van der Waals surface area (Å²) in [4.78, 5) is 41.6. The summed E-state index contributed by atoms with van der Waals surface area (Å²) in [6.45, 7) is 8.56. The first-order valence-corrected chi connectivity index (χ1v) is 17.2. The first-order chi connectivity index (χ1) is 22.3. The van der Waals surface area contributed by atoms with Crippen molar-refractivity contribution in [3.63, 3.8) is 0 Å². The van der Waals surface area contributed by atoms with Gasteiger partial charge in [0.05, 0.1) is 47.9 Å². The second kappa shape index (κ2) is 14.3. The van der Waals surface area contributed by atoms with Gasteiger partial charge in [0.15, 0.2) is 0 Å². The molecule has 0 amide bonds. The monoisotopic (exact) mass is 620 g/mol. The van der Waals surface area contributed by atoms with Gasteiger partial charge in [-0.25, -0.2) is 9.97 Å². The van der Waals surface area contributed by atoms with E-state index in [0.29, 0.717) is 36.2 Å². The van der Waals surface area contributed by atoms with E-state index in [1.54, 1.807) is 0 Å². The zero-order valence-electron chi connectivity index (χ0n) is 27.6. The lowest BCUT2D eigenvalue weighted by Gasteiger charge is -2.14. The largest absolute Gasteiger partial charge is 0.341 e. The van der Waals surface area contributed by atoms with Crippen LogP contribution in [0.15, 0.2) is 60.9 Å². The number of nitrogens with one attached hydrogen (secondary N) is 4. The van der Waals surface area contributed by atoms with Crippen LogP contribution in [0, 0.1) is 11.8 Å². The van der Waals surface area contributed by atoms with Crippen LogP contribution < -0.4 is 10.6 Å². The number of ketones is 2. The number of aromatic nitrogens is 4. The van der Waals surface area contributed by atoms with Crippen molar-refractivity contribution in [3.8, 4) is 33.6 Å². The van der Waals surface area contributed by atoms with Crippen LogP contribution in [-0.4, -0.2) is 43.6 Å². The Morgan fingerprint density at radius 3 is 1.37 bits per heavy atom. The van der Waals surface area contributed by atoms with E-state index in [2.05, 4.69) is 107 Å². The molecule has 6 unspecified atom stereocenters. The van der Waals surface area contributed by atoms with E-state index in [1.165, 1.54) is 0 Å².